The summed E-state index contributed by atoms with van der Waals surface area (Å²) in [5.41, 5.74) is 1.66. The Kier molecular flexibility index (Phi) is 5.11. The van der Waals surface area contributed by atoms with Crippen molar-refractivity contribution < 1.29 is 4.79 Å². The highest BCUT2D eigenvalue weighted by molar-refractivity contribution is 8.01. The number of hydrogen-bond donors (Lipinski definition) is 1. The second-order valence-electron chi connectivity index (χ2n) is 4.75. The summed E-state index contributed by atoms with van der Waals surface area (Å²) in [4.78, 5) is 24.5. The third kappa shape index (κ3) is 4.12. The number of nitrogens with zero attached hydrogens (tertiary/aromatic N) is 5. The van der Waals surface area contributed by atoms with Gasteiger partial charge in [0, 0.05) is 18.8 Å². The summed E-state index contributed by atoms with van der Waals surface area (Å²) >= 11 is 2.69. The number of amides is 1. The molecule has 0 aliphatic heterocycles. The van der Waals surface area contributed by atoms with Crippen LogP contribution < -0.4 is 5.32 Å². The second-order valence-corrected chi connectivity index (χ2v) is 6.99. The fourth-order valence-corrected chi connectivity index (χ4v) is 3.63. The highest BCUT2D eigenvalue weighted by atomic mass is 32.2. The molecule has 0 unspecified atom stereocenters. The molecule has 0 atom stereocenters. The monoisotopic (exact) mass is 358 g/mol. The highest BCUT2D eigenvalue weighted by Gasteiger charge is 2.12. The fraction of sp³-hybridized carbons (Fsp3) is 0.200. The molecular weight excluding hydrogens is 344 g/mol. The van der Waals surface area contributed by atoms with Crippen molar-refractivity contribution in [2.24, 2.45) is 0 Å². The van der Waals surface area contributed by atoms with Gasteiger partial charge in [0.15, 0.2) is 10.2 Å². The molecule has 0 spiro atoms. The van der Waals surface area contributed by atoms with Gasteiger partial charge in [0.1, 0.15) is 10.7 Å². The number of aromatic nitrogens is 5. The molecule has 0 fully saturated rings. The van der Waals surface area contributed by atoms with Crippen LogP contribution in [-0.2, 0) is 11.2 Å². The quantitative estimate of drug-likeness (QED) is 0.553. The number of anilines is 1. The van der Waals surface area contributed by atoms with Gasteiger partial charge in [-0.3, -0.25) is 9.78 Å². The van der Waals surface area contributed by atoms with Gasteiger partial charge in [-0.25, -0.2) is 9.97 Å². The first-order valence-corrected chi connectivity index (χ1v) is 8.85. The van der Waals surface area contributed by atoms with E-state index in [0.29, 0.717) is 15.3 Å². The molecular formula is C15H14N6OS2. The van der Waals surface area contributed by atoms with Crippen LogP contribution in [0.25, 0.3) is 11.5 Å². The molecule has 0 saturated carbocycles. The summed E-state index contributed by atoms with van der Waals surface area (Å²) < 4.78 is 0.700. The van der Waals surface area contributed by atoms with Crippen molar-refractivity contribution in [3.63, 3.8) is 0 Å². The first-order valence-electron chi connectivity index (χ1n) is 7.22. The molecule has 3 rings (SSSR count). The van der Waals surface area contributed by atoms with E-state index in [1.54, 1.807) is 6.20 Å². The van der Waals surface area contributed by atoms with Gasteiger partial charge < -0.3 is 5.32 Å². The van der Waals surface area contributed by atoms with Gasteiger partial charge in [-0.15, -0.1) is 10.2 Å². The Hall–Kier alpha value is -2.39. The Labute approximate surface area is 147 Å². The van der Waals surface area contributed by atoms with Crippen molar-refractivity contribution >= 4 is 34.1 Å². The molecule has 3 heterocycles. The Morgan fingerprint density at radius 3 is 2.88 bits per heavy atom. The molecule has 0 bridgehead atoms. The van der Waals surface area contributed by atoms with Crippen molar-refractivity contribution in [3.05, 3.63) is 36.2 Å². The van der Waals surface area contributed by atoms with Crippen LogP contribution in [0.2, 0.25) is 0 Å². The SMILES string of the molecule is CCc1cc(Sc2nnc(NC(C)=O)s2)nc(-c2ccccn2)n1. The molecule has 0 saturated heterocycles. The van der Waals surface area contributed by atoms with Crippen molar-refractivity contribution in [2.75, 3.05) is 5.32 Å². The van der Waals surface area contributed by atoms with Crippen LogP contribution in [0.3, 0.4) is 0 Å². The van der Waals surface area contributed by atoms with Crippen LogP contribution >= 0.6 is 23.1 Å². The van der Waals surface area contributed by atoms with Crippen molar-refractivity contribution in [2.45, 2.75) is 29.6 Å². The number of nitrogens with one attached hydrogen (secondary N) is 1. The average molecular weight is 358 g/mol. The molecule has 122 valence electrons. The van der Waals surface area contributed by atoms with Gasteiger partial charge >= 0.3 is 0 Å². The maximum Gasteiger partial charge on any atom is 0.223 e. The molecule has 9 heteroatoms. The molecule has 3 aromatic heterocycles. The normalized spacial score (nSPS) is 10.6. The molecule has 0 aromatic carbocycles. The third-order valence-electron chi connectivity index (χ3n) is 2.89. The van der Waals surface area contributed by atoms with Gasteiger partial charge in [0.25, 0.3) is 0 Å². The Bertz CT molecular complexity index is 852. The fourth-order valence-electron chi connectivity index (χ4n) is 1.86. The molecule has 1 N–H and O–H groups in total. The van der Waals surface area contributed by atoms with Gasteiger partial charge in [-0.1, -0.05) is 24.3 Å². The summed E-state index contributed by atoms with van der Waals surface area (Å²) in [6.07, 6.45) is 2.51. The van der Waals surface area contributed by atoms with E-state index in [0.717, 1.165) is 22.8 Å². The van der Waals surface area contributed by atoms with Crippen LogP contribution in [0.5, 0.6) is 0 Å². The van der Waals surface area contributed by atoms with Crippen LogP contribution in [0.15, 0.2) is 39.8 Å². The van der Waals surface area contributed by atoms with E-state index in [4.69, 9.17) is 0 Å². The zero-order valence-corrected chi connectivity index (χ0v) is 14.7. The van der Waals surface area contributed by atoms with Gasteiger partial charge in [0.2, 0.25) is 11.0 Å². The topological polar surface area (TPSA) is 93.6 Å². The predicted octanol–water partition coefficient (Wildman–Crippen LogP) is 3.06. The number of rotatable bonds is 5. The van der Waals surface area contributed by atoms with Gasteiger partial charge in [-0.2, -0.15) is 0 Å². The van der Waals surface area contributed by atoms with E-state index < -0.39 is 0 Å². The van der Waals surface area contributed by atoms with Crippen LogP contribution in [-0.4, -0.2) is 31.1 Å². The molecule has 0 aliphatic carbocycles. The smallest absolute Gasteiger partial charge is 0.223 e. The molecule has 0 radical (unpaired) electrons. The minimum absolute atomic E-state index is 0.171. The third-order valence-corrected chi connectivity index (χ3v) is 4.70. The molecule has 1 amide bonds. The summed E-state index contributed by atoms with van der Waals surface area (Å²) in [6, 6.07) is 7.56. The molecule has 24 heavy (non-hydrogen) atoms. The van der Waals surface area contributed by atoms with E-state index >= 15 is 0 Å². The Morgan fingerprint density at radius 2 is 2.17 bits per heavy atom. The Morgan fingerprint density at radius 1 is 1.29 bits per heavy atom. The molecule has 3 aromatic rings. The highest BCUT2D eigenvalue weighted by Crippen LogP contribution is 2.32. The minimum Gasteiger partial charge on any atom is -0.301 e. The molecule has 7 nitrogen and oxygen atoms in total. The number of pyridine rings is 1. The average Bonchev–Trinajstić information content (AvgIpc) is 3.01. The lowest BCUT2D eigenvalue weighted by molar-refractivity contribution is -0.114. The number of hydrogen-bond acceptors (Lipinski definition) is 8. The van der Waals surface area contributed by atoms with Gasteiger partial charge in [-0.05, 0) is 36.4 Å². The first-order chi connectivity index (χ1) is 11.6. The number of aryl methyl sites for hydroxylation is 1. The van der Waals surface area contributed by atoms with Crippen molar-refractivity contribution in [1.82, 2.24) is 25.1 Å². The maximum atomic E-state index is 11.1. The predicted molar refractivity (Wildman–Crippen MR) is 93.0 cm³/mol. The second kappa shape index (κ2) is 7.45. The lowest BCUT2D eigenvalue weighted by Crippen LogP contribution is -2.04. The van der Waals surface area contributed by atoms with E-state index in [1.807, 2.05) is 31.2 Å². The number of carbonyl (C=O) groups is 1. The largest absolute Gasteiger partial charge is 0.301 e. The molecule has 0 aliphatic rings. The zero-order valence-electron chi connectivity index (χ0n) is 13.1. The van der Waals surface area contributed by atoms with Crippen molar-refractivity contribution in [1.29, 1.82) is 0 Å². The summed E-state index contributed by atoms with van der Waals surface area (Å²) in [5, 5.41) is 11.9. The lowest BCUT2D eigenvalue weighted by Gasteiger charge is -2.05. The van der Waals surface area contributed by atoms with Crippen molar-refractivity contribution in [3.8, 4) is 11.5 Å². The van der Waals surface area contributed by atoms with E-state index in [9.17, 15) is 4.79 Å². The zero-order chi connectivity index (χ0) is 16.9. The maximum absolute atomic E-state index is 11.1. The van der Waals surface area contributed by atoms with Crippen LogP contribution in [0.1, 0.15) is 19.5 Å². The Balaban J connectivity index is 1.87. The van der Waals surface area contributed by atoms with Crippen LogP contribution in [0.4, 0.5) is 5.13 Å². The van der Waals surface area contributed by atoms with Gasteiger partial charge in [0.05, 0.1) is 0 Å². The minimum atomic E-state index is -0.171. The lowest BCUT2D eigenvalue weighted by atomic mass is 10.3. The standard InChI is InChI=1S/C15H14N6OS2/c1-3-10-8-12(19-13(18-10)11-6-4-5-7-16-11)23-15-21-20-14(24-15)17-9(2)22/h4-8H,3H2,1-2H3,(H,17,20,22). The van der Waals surface area contributed by atoms with E-state index in [2.05, 4.69) is 30.5 Å². The number of carbonyl (C=O) groups excluding carboxylic acids is 1. The summed E-state index contributed by atoms with van der Waals surface area (Å²) in [5.74, 6) is 0.416. The van der Waals surface area contributed by atoms with E-state index in [-0.39, 0.29) is 5.91 Å². The summed E-state index contributed by atoms with van der Waals surface area (Å²) in [6.45, 7) is 3.48. The first kappa shape index (κ1) is 16.5. The van der Waals surface area contributed by atoms with Crippen LogP contribution in [0, 0.1) is 0 Å². The van der Waals surface area contributed by atoms with E-state index in [1.165, 1.54) is 30.0 Å². The summed E-state index contributed by atoms with van der Waals surface area (Å²) in [7, 11) is 0.